The Morgan fingerprint density at radius 3 is 2.51 bits per heavy atom. The highest BCUT2D eigenvalue weighted by Gasteiger charge is 2.50. The van der Waals surface area contributed by atoms with Crippen molar-refractivity contribution >= 4 is 17.8 Å². The molecule has 0 aromatic heterocycles. The number of hydrogen-bond donors (Lipinski definition) is 1. The van der Waals surface area contributed by atoms with Crippen molar-refractivity contribution in [2.75, 3.05) is 27.3 Å². The number of carbonyl (C=O) groups is 3. The van der Waals surface area contributed by atoms with Crippen LogP contribution in [0.5, 0.6) is 11.5 Å². The van der Waals surface area contributed by atoms with Gasteiger partial charge in [-0.2, -0.15) is 0 Å². The summed E-state index contributed by atoms with van der Waals surface area (Å²) in [5, 5.41) is 2.80. The van der Waals surface area contributed by atoms with E-state index in [-0.39, 0.29) is 18.5 Å². The predicted molar refractivity (Wildman–Crippen MR) is 131 cm³/mol. The topological polar surface area (TPSA) is 88.2 Å². The maximum absolute atomic E-state index is 13.4. The molecule has 4 amide bonds. The number of imide groups is 1. The van der Waals surface area contributed by atoms with Crippen molar-refractivity contribution < 1.29 is 23.9 Å². The molecule has 2 atom stereocenters. The Kier molecular flexibility index (Phi) is 7.00. The zero-order valence-electron chi connectivity index (χ0n) is 20.8. The monoisotopic (exact) mass is 479 g/mol. The van der Waals surface area contributed by atoms with Gasteiger partial charge in [0.25, 0.3) is 5.91 Å². The Morgan fingerprint density at radius 1 is 1.11 bits per heavy atom. The number of hydrogen-bond acceptors (Lipinski definition) is 5. The minimum absolute atomic E-state index is 0.217. The van der Waals surface area contributed by atoms with Crippen LogP contribution in [0.3, 0.4) is 0 Å². The van der Waals surface area contributed by atoms with Crippen molar-refractivity contribution in [1.82, 2.24) is 15.1 Å². The summed E-state index contributed by atoms with van der Waals surface area (Å²) in [7, 11) is 3.18. The van der Waals surface area contributed by atoms with Gasteiger partial charge in [0.05, 0.1) is 20.3 Å². The standard InChI is InChI=1S/C27H33N3O5/c1-5-7-18-9-11-19(12-10-18)27(2)25(32)30(26(33)28-27)17-24(31)29-15-6-8-22(29)21-16-20(34-3)13-14-23(21)35-4/h9-14,16,22H,5-8,15,17H2,1-4H3,(H,28,33). The van der Waals surface area contributed by atoms with Crippen LogP contribution in [0.4, 0.5) is 4.79 Å². The molecule has 2 unspecified atom stereocenters. The molecule has 0 aliphatic carbocycles. The molecule has 186 valence electrons. The number of nitrogens with zero attached hydrogens (tertiary/aromatic N) is 2. The summed E-state index contributed by atoms with van der Waals surface area (Å²) < 4.78 is 10.9. The van der Waals surface area contributed by atoms with Crippen molar-refractivity contribution in [1.29, 1.82) is 0 Å². The van der Waals surface area contributed by atoms with Crippen molar-refractivity contribution in [3.8, 4) is 11.5 Å². The molecular weight excluding hydrogens is 446 g/mol. The molecule has 2 aromatic carbocycles. The van der Waals surface area contributed by atoms with Gasteiger partial charge in [-0.1, -0.05) is 37.6 Å². The lowest BCUT2D eigenvalue weighted by Gasteiger charge is -2.28. The summed E-state index contributed by atoms with van der Waals surface area (Å²) in [5.41, 5.74) is 1.53. The van der Waals surface area contributed by atoms with Crippen LogP contribution in [0.1, 0.15) is 55.8 Å². The molecule has 0 saturated carbocycles. The van der Waals surface area contributed by atoms with Crippen LogP contribution in [-0.2, 0) is 21.5 Å². The van der Waals surface area contributed by atoms with Gasteiger partial charge in [0.15, 0.2) is 0 Å². The van der Waals surface area contributed by atoms with Crippen molar-refractivity contribution in [2.45, 2.75) is 51.1 Å². The summed E-state index contributed by atoms with van der Waals surface area (Å²) in [5.74, 6) is 0.650. The third-order valence-corrected chi connectivity index (χ3v) is 7.01. The van der Waals surface area contributed by atoms with E-state index in [0.717, 1.165) is 36.1 Å². The van der Waals surface area contributed by atoms with E-state index in [1.807, 2.05) is 42.5 Å². The van der Waals surface area contributed by atoms with E-state index >= 15 is 0 Å². The third kappa shape index (κ3) is 4.57. The highest BCUT2D eigenvalue weighted by Crippen LogP contribution is 2.39. The number of urea groups is 1. The first-order chi connectivity index (χ1) is 16.8. The van der Waals surface area contributed by atoms with Crippen molar-refractivity contribution in [3.63, 3.8) is 0 Å². The van der Waals surface area contributed by atoms with E-state index in [0.29, 0.717) is 23.6 Å². The number of nitrogens with one attached hydrogen (secondary N) is 1. The van der Waals surface area contributed by atoms with Gasteiger partial charge >= 0.3 is 6.03 Å². The Bertz CT molecular complexity index is 1120. The third-order valence-electron chi connectivity index (χ3n) is 7.01. The van der Waals surface area contributed by atoms with E-state index in [9.17, 15) is 14.4 Å². The lowest BCUT2D eigenvalue weighted by Crippen LogP contribution is -2.44. The molecule has 2 fully saturated rings. The molecule has 4 rings (SSSR count). The van der Waals surface area contributed by atoms with Crippen molar-refractivity contribution in [3.05, 3.63) is 59.2 Å². The molecule has 1 N–H and O–H groups in total. The molecule has 0 bridgehead atoms. The Morgan fingerprint density at radius 2 is 1.86 bits per heavy atom. The number of carbonyl (C=O) groups excluding carboxylic acids is 3. The van der Waals surface area contributed by atoms with Crippen LogP contribution >= 0.6 is 0 Å². The number of rotatable bonds is 8. The Hall–Kier alpha value is -3.55. The molecule has 2 saturated heterocycles. The zero-order valence-corrected chi connectivity index (χ0v) is 20.8. The molecule has 2 aromatic rings. The lowest BCUT2D eigenvalue weighted by molar-refractivity contribution is -0.139. The van der Waals surface area contributed by atoms with Gasteiger partial charge in [0.1, 0.15) is 23.6 Å². The fraction of sp³-hybridized carbons (Fsp3) is 0.444. The number of methoxy groups -OCH3 is 2. The van der Waals surface area contributed by atoms with Gasteiger partial charge in [-0.25, -0.2) is 4.79 Å². The van der Waals surface area contributed by atoms with Gasteiger partial charge < -0.3 is 19.7 Å². The molecule has 0 spiro atoms. The van der Waals surface area contributed by atoms with Crippen LogP contribution in [0.15, 0.2) is 42.5 Å². The fourth-order valence-corrected chi connectivity index (χ4v) is 5.04. The SMILES string of the molecule is CCCc1ccc(C2(C)NC(=O)N(CC(=O)N3CCCC3c3cc(OC)ccc3OC)C2=O)cc1. The maximum atomic E-state index is 13.4. The lowest BCUT2D eigenvalue weighted by atomic mass is 9.91. The number of aryl methyl sites for hydroxylation is 1. The van der Waals surface area contributed by atoms with Crippen LogP contribution < -0.4 is 14.8 Å². The van der Waals surface area contributed by atoms with Crippen LogP contribution in [0, 0.1) is 0 Å². The number of amides is 4. The maximum Gasteiger partial charge on any atom is 0.325 e. The van der Waals surface area contributed by atoms with E-state index in [1.54, 1.807) is 26.0 Å². The minimum atomic E-state index is -1.21. The summed E-state index contributed by atoms with van der Waals surface area (Å²) in [6.07, 6.45) is 3.56. The van der Waals surface area contributed by atoms with E-state index < -0.39 is 17.5 Å². The second-order valence-electron chi connectivity index (χ2n) is 9.25. The Balaban J connectivity index is 1.52. The second-order valence-corrected chi connectivity index (χ2v) is 9.25. The molecule has 2 aliphatic heterocycles. The van der Waals surface area contributed by atoms with Gasteiger partial charge in [-0.15, -0.1) is 0 Å². The smallest absolute Gasteiger partial charge is 0.325 e. The zero-order chi connectivity index (χ0) is 25.2. The molecule has 8 heteroatoms. The predicted octanol–water partition coefficient (Wildman–Crippen LogP) is 3.79. The molecule has 35 heavy (non-hydrogen) atoms. The first-order valence-corrected chi connectivity index (χ1v) is 12.1. The van der Waals surface area contributed by atoms with Crippen LogP contribution in [0.25, 0.3) is 0 Å². The molecule has 8 nitrogen and oxygen atoms in total. The average Bonchev–Trinajstić information content (AvgIpc) is 3.44. The first kappa shape index (κ1) is 24.6. The minimum Gasteiger partial charge on any atom is -0.497 e. The molecule has 0 radical (unpaired) electrons. The van der Waals surface area contributed by atoms with Gasteiger partial charge in [-0.05, 0) is 55.5 Å². The van der Waals surface area contributed by atoms with Crippen LogP contribution in [0.2, 0.25) is 0 Å². The number of ether oxygens (including phenoxy) is 2. The van der Waals surface area contributed by atoms with Crippen molar-refractivity contribution in [2.24, 2.45) is 0 Å². The van der Waals surface area contributed by atoms with E-state index in [1.165, 1.54) is 5.56 Å². The fourth-order valence-electron chi connectivity index (χ4n) is 5.04. The number of likely N-dealkylation sites (tertiary alicyclic amines) is 1. The second kappa shape index (κ2) is 9.98. The van der Waals surface area contributed by atoms with Gasteiger partial charge in [-0.3, -0.25) is 14.5 Å². The summed E-state index contributed by atoms with van der Waals surface area (Å²) in [6.45, 7) is 4.03. The quantitative estimate of drug-likeness (QED) is 0.582. The van der Waals surface area contributed by atoms with Gasteiger partial charge in [0.2, 0.25) is 5.91 Å². The van der Waals surface area contributed by atoms with E-state index in [4.69, 9.17) is 9.47 Å². The molecular formula is C27H33N3O5. The highest BCUT2D eigenvalue weighted by molar-refractivity contribution is 6.09. The average molecular weight is 480 g/mol. The molecule has 2 aliphatic rings. The summed E-state index contributed by atoms with van der Waals surface area (Å²) in [4.78, 5) is 42.3. The Labute approximate surface area is 206 Å². The summed E-state index contributed by atoms with van der Waals surface area (Å²) in [6, 6.07) is 12.4. The van der Waals surface area contributed by atoms with E-state index in [2.05, 4.69) is 12.2 Å². The van der Waals surface area contributed by atoms with Gasteiger partial charge in [0, 0.05) is 12.1 Å². The number of benzene rings is 2. The largest absolute Gasteiger partial charge is 0.497 e. The normalized spacial score (nSPS) is 21.9. The molecule has 2 heterocycles. The summed E-state index contributed by atoms with van der Waals surface area (Å²) >= 11 is 0. The van der Waals surface area contributed by atoms with Crippen LogP contribution in [-0.4, -0.2) is 55.0 Å². The first-order valence-electron chi connectivity index (χ1n) is 12.1. The highest BCUT2D eigenvalue weighted by atomic mass is 16.5.